The van der Waals surface area contributed by atoms with Crippen LogP contribution in [0.1, 0.15) is 47.0 Å². The molecule has 0 radical (unpaired) electrons. The summed E-state index contributed by atoms with van der Waals surface area (Å²) >= 11 is 0. The highest BCUT2D eigenvalue weighted by Gasteiger charge is 2.58. The van der Waals surface area contributed by atoms with Crippen LogP contribution in [-0.2, 0) is 0 Å². The standard InChI is InChI=1S/C18H34N4/c1-10(2)16(19)22-17(20)21-15-12(4)11(3)14(15)9-18-7-5-6-13(18)8-18/h5-6,10-17,21-22H,7-9,19-20H2,1-4H3/t11-,12+,13?,14?,15+,16?,17?,18?/m0/s1. The second kappa shape index (κ2) is 5.90. The fourth-order valence-electron chi connectivity index (χ4n) is 4.67. The van der Waals surface area contributed by atoms with Crippen LogP contribution in [0.2, 0.25) is 0 Å². The maximum atomic E-state index is 6.23. The minimum atomic E-state index is -0.214. The highest BCUT2D eigenvalue weighted by atomic mass is 15.3. The van der Waals surface area contributed by atoms with E-state index in [1.807, 2.05) is 0 Å². The summed E-state index contributed by atoms with van der Waals surface area (Å²) in [5.74, 6) is 3.49. The van der Waals surface area contributed by atoms with Crippen LogP contribution < -0.4 is 22.1 Å². The lowest BCUT2D eigenvalue weighted by atomic mass is 9.59. The third kappa shape index (κ3) is 2.86. The van der Waals surface area contributed by atoms with Gasteiger partial charge in [0.15, 0.2) is 0 Å². The molecule has 2 fully saturated rings. The van der Waals surface area contributed by atoms with Gasteiger partial charge >= 0.3 is 0 Å². The van der Waals surface area contributed by atoms with E-state index in [0.29, 0.717) is 23.3 Å². The normalized spacial score (nSPS) is 45.5. The summed E-state index contributed by atoms with van der Waals surface area (Å²) in [6.07, 6.45) is 8.62. The van der Waals surface area contributed by atoms with Gasteiger partial charge in [0.25, 0.3) is 0 Å². The molecule has 6 N–H and O–H groups in total. The molecule has 3 rings (SSSR count). The maximum absolute atomic E-state index is 6.23. The fourth-order valence-corrected chi connectivity index (χ4v) is 4.67. The van der Waals surface area contributed by atoms with E-state index in [0.717, 1.165) is 17.8 Å². The molecular formula is C18H34N4. The Morgan fingerprint density at radius 1 is 1.23 bits per heavy atom. The smallest absolute Gasteiger partial charge is 0.110 e. The average Bonchev–Trinajstić information content (AvgIpc) is 3.02. The number of hydrogen-bond donors (Lipinski definition) is 4. The first-order chi connectivity index (χ1) is 10.3. The van der Waals surface area contributed by atoms with Gasteiger partial charge in [-0.25, -0.2) is 0 Å². The van der Waals surface area contributed by atoms with Gasteiger partial charge in [-0.15, -0.1) is 0 Å². The van der Waals surface area contributed by atoms with E-state index < -0.39 is 0 Å². The fraction of sp³-hybridized carbons (Fsp3) is 0.889. The highest BCUT2D eigenvalue weighted by Crippen LogP contribution is 2.65. The van der Waals surface area contributed by atoms with Crippen molar-refractivity contribution in [2.45, 2.75) is 65.5 Å². The zero-order chi connectivity index (χ0) is 16.1. The van der Waals surface area contributed by atoms with Gasteiger partial charge in [-0.2, -0.15) is 0 Å². The summed E-state index contributed by atoms with van der Waals surface area (Å²) in [4.78, 5) is 0. The molecule has 0 amide bonds. The van der Waals surface area contributed by atoms with Crippen LogP contribution in [0, 0.1) is 35.0 Å². The average molecular weight is 306 g/mol. The van der Waals surface area contributed by atoms with Crippen LogP contribution in [0.25, 0.3) is 0 Å². The Morgan fingerprint density at radius 2 is 1.95 bits per heavy atom. The second-order valence-electron chi connectivity index (χ2n) is 8.50. The number of fused-ring (bicyclic) bond motifs is 1. The summed E-state index contributed by atoms with van der Waals surface area (Å²) < 4.78 is 0. The topological polar surface area (TPSA) is 76.1 Å². The SMILES string of the molecule is CC(C)C(N)NC(N)N[C@H]1C(CC23CC=CC2C3)[C@@H](C)[C@H]1C. The Morgan fingerprint density at radius 3 is 2.50 bits per heavy atom. The monoisotopic (exact) mass is 306 g/mol. The molecule has 0 spiro atoms. The Balaban J connectivity index is 1.53. The van der Waals surface area contributed by atoms with Crippen molar-refractivity contribution in [3.05, 3.63) is 12.2 Å². The van der Waals surface area contributed by atoms with Crippen molar-refractivity contribution >= 4 is 0 Å². The van der Waals surface area contributed by atoms with Crippen molar-refractivity contribution in [3.63, 3.8) is 0 Å². The van der Waals surface area contributed by atoms with Crippen LogP contribution in [0.3, 0.4) is 0 Å². The Labute approximate surface area is 135 Å². The molecule has 126 valence electrons. The molecule has 0 bridgehead atoms. The third-order valence-electron chi connectivity index (χ3n) is 6.78. The predicted molar refractivity (Wildman–Crippen MR) is 91.6 cm³/mol. The van der Waals surface area contributed by atoms with Gasteiger partial charge in [0.1, 0.15) is 6.29 Å². The van der Waals surface area contributed by atoms with E-state index in [1.165, 1.54) is 19.3 Å². The summed E-state index contributed by atoms with van der Waals surface area (Å²) in [6, 6.07) is 0.521. The molecule has 2 saturated carbocycles. The summed E-state index contributed by atoms with van der Waals surface area (Å²) in [7, 11) is 0. The van der Waals surface area contributed by atoms with Crippen LogP contribution in [0.4, 0.5) is 0 Å². The van der Waals surface area contributed by atoms with Crippen molar-refractivity contribution in [1.82, 2.24) is 10.6 Å². The Kier molecular flexibility index (Phi) is 4.41. The molecule has 4 nitrogen and oxygen atoms in total. The summed E-state index contributed by atoms with van der Waals surface area (Å²) in [5, 5.41) is 6.89. The molecule has 22 heavy (non-hydrogen) atoms. The lowest BCUT2D eigenvalue weighted by molar-refractivity contribution is 0.00546. The molecule has 0 saturated heterocycles. The second-order valence-corrected chi connectivity index (χ2v) is 8.50. The Hall–Kier alpha value is -0.420. The van der Waals surface area contributed by atoms with Crippen molar-refractivity contribution in [2.24, 2.45) is 46.5 Å². The highest BCUT2D eigenvalue weighted by molar-refractivity contribution is 5.22. The minimum Gasteiger partial charge on any atom is -0.316 e. The van der Waals surface area contributed by atoms with E-state index in [-0.39, 0.29) is 12.5 Å². The molecular weight excluding hydrogens is 272 g/mol. The van der Waals surface area contributed by atoms with Gasteiger partial charge in [-0.05, 0) is 54.3 Å². The number of rotatable bonds is 7. The van der Waals surface area contributed by atoms with Crippen LogP contribution >= 0.6 is 0 Å². The van der Waals surface area contributed by atoms with E-state index in [1.54, 1.807) is 0 Å². The van der Waals surface area contributed by atoms with Gasteiger partial charge in [0, 0.05) is 6.04 Å². The Bertz CT molecular complexity index is 435. The maximum Gasteiger partial charge on any atom is 0.110 e. The summed E-state index contributed by atoms with van der Waals surface area (Å²) in [6.45, 7) is 8.98. The van der Waals surface area contributed by atoms with E-state index in [9.17, 15) is 0 Å². The van der Waals surface area contributed by atoms with Crippen molar-refractivity contribution in [1.29, 1.82) is 0 Å². The minimum absolute atomic E-state index is 0.0563. The molecule has 8 atom stereocenters. The lowest BCUT2D eigenvalue weighted by Gasteiger charge is -2.52. The van der Waals surface area contributed by atoms with Crippen LogP contribution in [0.5, 0.6) is 0 Å². The quantitative estimate of drug-likeness (QED) is 0.428. The largest absolute Gasteiger partial charge is 0.316 e. The zero-order valence-electron chi connectivity index (χ0n) is 14.5. The first kappa shape index (κ1) is 16.4. The van der Waals surface area contributed by atoms with Gasteiger partial charge in [0.05, 0.1) is 6.17 Å². The van der Waals surface area contributed by atoms with E-state index >= 15 is 0 Å². The van der Waals surface area contributed by atoms with Gasteiger partial charge in [-0.1, -0.05) is 39.8 Å². The number of nitrogens with two attached hydrogens (primary N) is 2. The molecule has 5 unspecified atom stereocenters. The molecule has 0 aromatic rings. The van der Waals surface area contributed by atoms with Crippen molar-refractivity contribution in [3.8, 4) is 0 Å². The third-order valence-corrected chi connectivity index (χ3v) is 6.78. The molecule has 3 aliphatic carbocycles. The zero-order valence-corrected chi connectivity index (χ0v) is 14.5. The summed E-state index contributed by atoms with van der Waals surface area (Å²) in [5.41, 5.74) is 12.9. The lowest BCUT2D eigenvalue weighted by Crippen LogP contribution is -2.66. The van der Waals surface area contributed by atoms with Crippen molar-refractivity contribution < 1.29 is 0 Å². The molecule has 0 heterocycles. The number of allylic oxidation sites excluding steroid dienone is 2. The van der Waals surface area contributed by atoms with Gasteiger partial charge < -0.3 is 11.5 Å². The number of hydrogen-bond acceptors (Lipinski definition) is 4. The van der Waals surface area contributed by atoms with Crippen molar-refractivity contribution in [2.75, 3.05) is 0 Å². The van der Waals surface area contributed by atoms with E-state index in [4.69, 9.17) is 11.5 Å². The van der Waals surface area contributed by atoms with Gasteiger partial charge in [-0.3, -0.25) is 10.6 Å². The molecule has 3 aliphatic rings. The molecule has 0 aromatic carbocycles. The number of nitrogens with one attached hydrogen (secondary N) is 2. The predicted octanol–water partition coefficient (Wildman–Crippen LogP) is 1.98. The van der Waals surface area contributed by atoms with Gasteiger partial charge in [0.2, 0.25) is 0 Å². The molecule has 4 heteroatoms. The molecule has 0 aromatic heterocycles. The van der Waals surface area contributed by atoms with Crippen LogP contribution in [0.15, 0.2) is 12.2 Å². The first-order valence-corrected chi connectivity index (χ1v) is 9.04. The molecule has 0 aliphatic heterocycles. The van der Waals surface area contributed by atoms with E-state index in [2.05, 4.69) is 50.5 Å². The first-order valence-electron chi connectivity index (χ1n) is 9.04. The van der Waals surface area contributed by atoms with Crippen LogP contribution in [-0.4, -0.2) is 18.5 Å².